The van der Waals surface area contributed by atoms with Gasteiger partial charge >= 0.3 is 0 Å². The number of hydrogen-bond acceptors (Lipinski definition) is 3. The summed E-state index contributed by atoms with van der Waals surface area (Å²) in [5.41, 5.74) is 6.96. The highest BCUT2D eigenvalue weighted by Gasteiger charge is 2.14. The van der Waals surface area contributed by atoms with Crippen molar-refractivity contribution in [1.29, 1.82) is 0 Å². The zero-order chi connectivity index (χ0) is 13.4. The average Bonchev–Trinajstić information content (AvgIpc) is 2.42. The number of aryl methyl sites for hydroxylation is 1. The summed E-state index contributed by atoms with van der Waals surface area (Å²) in [6.45, 7) is 4.13. The van der Waals surface area contributed by atoms with Gasteiger partial charge in [-0.25, -0.2) is 0 Å². The lowest BCUT2D eigenvalue weighted by molar-refractivity contribution is 0.313. The zero-order valence-corrected chi connectivity index (χ0v) is 11.1. The van der Waals surface area contributed by atoms with E-state index in [1.54, 1.807) is 0 Å². The van der Waals surface area contributed by atoms with E-state index in [2.05, 4.69) is 41.7 Å². The van der Waals surface area contributed by atoms with Crippen molar-refractivity contribution in [2.75, 3.05) is 0 Å². The summed E-state index contributed by atoms with van der Waals surface area (Å²) >= 11 is 0. The molecule has 100 valence electrons. The van der Waals surface area contributed by atoms with Crippen LogP contribution in [0.2, 0.25) is 0 Å². The Kier molecular flexibility index (Phi) is 6.22. The standard InChI is InChI=1S/C14H23N3O/c1-3-13(14(15)17-18)16-11(2)9-10-12-7-5-4-6-8-12/h4-8,11,13,16,18H,3,9-10H2,1-2H3,(H2,15,17). The molecule has 0 spiro atoms. The Morgan fingerprint density at radius 1 is 1.39 bits per heavy atom. The van der Waals surface area contributed by atoms with Crippen molar-refractivity contribution in [2.24, 2.45) is 10.9 Å². The average molecular weight is 249 g/mol. The Morgan fingerprint density at radius 3 is 2.61 bits per heavy atom. The van der Waals surface area contributed by atoms with Crippen molar-refractivity contribution in [2.45, 2.75) is 45.2 Å². The highest BCUT2D eigenvalue weighted by Crippen LogP contribution is 2.06. The van der Waals surface area contributed by atoms with Gasteiger partial charge in [-0.1, -0.05) is 42.4 Å². The van der Waals surface area contributed by atoms with E-state index in [4.69, 9.17) is 10.9 Å². The molecule has 0 saturated carbocycles. The first-order chi connectivity index (χ1) is 8.67. The molecule has 0 bridgehead atoms. The van der Waals surface area contributed by atoms with Crippen molar-refractivity contribution in [3.63, 3.8) is 0 Å². The monoisotopic (exact) mass is 249 g/mol. The molecule has 1 rings (SSSR count). The molecule has 1 aromatic carbocycles. The van der Waals surface area contributed by atoms with E-state index < -0.39 is 0 Å². The summed E-state index contributed by atoms with van der Waals surface area (Å²) in [6, 6.07) is 10.7. The van der Waals surface area contributed by atoms with Crippen LogP contribution in [-0.4, -0.2) is 23.1 Å². The smallest absolute Gasteiger partial charge is 0.156 e. The number of amidine groups is 1. The van der Waals surface area contributed by atoms with Gasteiger partial charge in [0, 0.05) is 6.04 Å². The molecule has 0 aliphatic rings. The first-order valence-corrected chi connectivity index (χ1v) is 6.44. The van der Waals surface area contributed by atoms with Crippen molar-refractivity contribution < 1.29 is 5.21 Å². The number of hydrogen-bond donors (Lipinski definition) is 3. The number of nitrogens with one attached hydrogen (secondary N) is 1. The second-order valence-corrected chi connectivity index (χ2v) is 4.58. The number of nitrogens with two attached hydrogens (primary N) is 1. The lowest BCUT2D eigenvalue weighted by Gasteiger charge is -2.21. The molecule has 0 saturated heterocycles. The van der Waals surface area contributed by atoms with Gasteiger partial charge in [0.05, 0.1) is 6.04 Å². The second-order valence-electron chi connectivity index (χ2n) is 4.58. The highest BCUT2D eigenvalue weighted by atomic mass is 16.4. The molecule has 0 aromatic heterocycles. The number of rotatable bonds is 7. The van der Waals surface area contributed by atoms with Gasteiger partial charge in [-0.3, -0.25) is 0 Å². The Labute approximate surface area is 109 Å². The molecular weight excluding hydrogens is 226 g/mol. The summed E-state index contributed by atoms with van der Waals surface area (Å²) in [5, 5.41) is 15.1. The van der Waals surface area contributed by atoms with Crippen molar-refractivity contribution in [3.05, 3.63) is 35.9 Å². The molecule has 4 N–H and O–H groups in total. The van der Waals surface area contributed by atoms with Gasteiger partial charge in [-0.15, -0.1) is 0 Å². The van der Waals surface area contributed by atoms with Gasteiger partial charge < -0.3 is 16.3 Å². The Bertz CT molecular complexity index is 365. The van der Waals surface area contributed by atoms with Crippen molar-refractivity contribution in [1.82, 2.24) is 5.32 Å². The van der Waals surface area contributed by atoms with E-state index in [1.807, 2.05) is 13.0 Å². The number of oxime groups is 1. The molecule has 0 aliphatic carbocycles. The van der Waals surface area contributed by atoms with Gasteiger partial charge in [-0.05, 0) is 31.7 Å². The maximum Gasteiger partial charge on any atom is 0.156 e. The minimum absolute atomic E-state index is 0.0548. The predicted octanol–water partition coefficient (Wildman–Crippen LogP) is 2.12. The number of nitrogens with zero attached hydrogens (tertiary/aromatic N) is 1. The molecule has 0 heterocycles. The van der Waals surface area contributed by atoms with Crippen LogP contribution in [0.1, 0.15) is 32.3 Å². The summed E-state index contributed by atoms with van der Waals surface area (Å²) in [6.07, 6.45) is 2.87. The minimum Gasteiger partial charge on any atom is -0.409 e. The van der Waals surface area contributed by atoms with E-state index in [0.717, 1.165) is 19.3 Å². The van der Waals surface area contributed by atoms with Gasteiger partial charge in [0.2, 0.25) is 0 Å². The van der Waals surface area contributed by atoms with Crippen LogP contribution in [0.15, 0.2) is 35.5 Å². The van der Waals surface area contributed by atoms with Crippen LogP contribution < -0.4 is 11.1 Å². The molecule has 2 atom stereocenters. The van der Waals surface area contributed by atoms with Gasteiger partial charge in [0.15, 0.2) is 5.84 Å². The minimum atomic E-state index is -0.0548. The molecular formula is C14H23N3O. The predicted molar refractivity (Wildman–Crippen MR) is 74.8 cm³/mol. The van der Waals surface area contributed by atoms with E-state index in [9.17, 15) is 0 Å². The molecule has 0 fully saturated rings. The van der Waals surface area contributed by atoms with Crippen LogP contribution in [0, 0.1) is 0 Å². The summed E-state index contributed by atoms with van der Waals surface area (Å²) in [5.74, 6) is 0.254. The maximum atomic E-state index is 8.68. The van der Waals surface area contributed by atoms with Crippen molar-refractivity contribution >= 4 is 5.84 Å². The van der Waals surface area contributed by atoms with Gasteiger partial charge in [0.1, 0.15) is 0 Å². The molecule has 4 nitrogen and oxygen atoms in total. The Balaban J connectivity index is 2.39. The summed E-state index contributed by atoms with van der Waals surface area (Å²) < 4.78 is 0. The highest BCUT2D eigenvalue weighted by molar-refractivity contribution is 5.85. The topological polar surface area (TPSA) is 70.6 Å². The quantitative estimate of drug-likeness (QED) is 0.300. The van der Waals surface area contributed by atoms with E-state index in [-0.39, 0.29) is 11.9 Å². The van der Waals surface area contributed by atoms with Gasteiger partial charge in [0.25, 0.3) is 0 Å². The molecule has 2 unspecified atom stereocenters. The molecule has 1 aromatic rings. The van der Waals surface area contributed by atoms with Crippen molar-refractivity contribution in [3.8, 4) is 0 Å². The first kappa shape index (κ1) is 14.5. The second kappa shape index (κ2) is 7.71. The molecule has 0 radical (unpaired) electrons. The van der Waals surface area contributed by atoms with E-state index in [1.165, 1.54) is 5.56 Å². The Morgan fingerprint density at radius 2 is 2.06 bits per heavy atom. The molecule has 0 aliphatic heterocycles. The number of benzene rings is 1. The zero-order valence-electron chi connectivity index (χ0n) is 11.1. The fraction of sp³-hybridized carbons (Fsp3) is 0.500. The van der Waals surface area contributed by atoms with Crippen LogP contribution >= 0.6 is 0 Å². The third-order valence-electron chi connectivity index (χ3n) is 3.08. The molecule has 18 heavy (non-hydrogen) atoms. The molecule has 4 heteroatoms. The third-order valence-corrected chi connectivity index (χ3v) is 3.08. The van der Waals surface area contributed by atoms with Crippen LogP contribution in [-0.2, 0) is 6.42 Å². The van der Waals surface area contributed by atoms with Crippen LogP contribution in [0.3, 0.4) is 0 Å². The lowest BCUT2D eigenvalue weighted by atomic mass is 10.0. The largest absolute Gasteiger partial charge is 0.409 e. The Hall–Kier alpha value is -1.55. The third kappa shape index (κ3) is 4.75. The SMILES string of the molecule is CCC(NC(C)CCc1ccccc1)C(N)=NO. The fourth-order valence-electron chi connectivity index (χ4n) is 1.94. The fourth-order valence-corrected chi connectivity index (χ4v) is 1.94. The van der Waals surface area contributed by atoms with E-state index in [0.29, 0.717) is 6.04 Å². The lowest BCUT2D eigenvalue weighted by Crippen LogP contribution is -2.45. The maximum absolute atomic E-state index is 8.68. The van der Waals surface area contributed by atoms with Crippen LogP contribution in [0.25, 0.3) is 0 Å². The van der Waals surface area contributed by atoms with E-state index >= 15 is 0 Å². The van der Waals surface area contributed by atoms with Gasteiger partial charge in [-0.2, -0.15) is 0 Å². The normalized spacial score (nSPS) is 15.3. The molecule has 0 amide bonds. The summed E-state index contributed by atoms with van der Waals surface area (Å²) in [4.78, 5) is 0. The summed E-state index contributed by atoms with van der Waals surface area (Å²) in [7, 11) is 0. The van der Waals surface area contributed by atoms with Crippen LogP contribution in [0.4, 0.5) is 0 Å². The first-order valence-electron chi connectivity index (χ1n) is 6.44. The van der Waals surface area contributed by atoms with Crippen LogP contribution in [0.5, 0.6) is 0 Å².